The van der Waals surface area contributed by atoms with E-state index in [4.69, 9.17) is 4.74 Å². The number of hydrogen-bond acceptors (Lipinski definition) is 6. The van der Waals surface area contributed by atoms with Crippen LogP contribution in [-0.4, -0.2) is 91.6 Å². The van der Waals surface area contributed by atoms with Crippen LogP contribution in [0.1, 0.15) is 13.8 Å². The van der Waals surface area contributed by atoms with Crippen LogP contribution >= 0.6 is 11.8 Å². The molecule has 31 heavy (non-hydrogen) atoms. The highest BCUT2D eigenvalue weighted by Gasteiger charge is 2.36. The number of carbonyl (C=O) groups excluding carboxylic acids is 1. The molecule has 2 unspecified atom stereocenters. The Balaban J connectivity index is 1.51. The van der Waals surface area contributed by atoms with Crippen molar-refractivity contribution in [3.8, 4) is 0 Å². The van der Waals surface area contributed by atoms with Gasteiger partial charge in [-0.2, -0.15) is 17.0 Å². The van der Waals surface area contributed by atoms with Gasteiger partial charge in [0.15, 0.2) is 0 Å². The summed E-state index contributed by atoms with van der Waals surface area (Å²) < 4.78 is 34.7. The van der Waals surface area contributed by atoms with Crippen LogP contribution in [0, 0.1) is 0 Å². The van der Waals surface area contributed by atoms with Crippen LogP contribution in [-0.2, 0) is 19.7 Å². The van der Waals surface area contributed by atoms with Gasteiger partial charge in [0.1, 0.15) is 0 Å². The van der Waals surface area contributed by atoms with Crippen molar-refractivity contribution in [2.24, 2.45) is 0 Å². The number of thioether (sulfide) groups is 1. The van der Waals surface area contributed by atoms with Gasteiger partial charge in [-0.3, -0.25) is 9.69 Å². The molecule has 2 aliphatic rings. The van der Waals surface area contributed by atoms with Crippen LogP contribution in [0.2, 0.25) is 0 Å². The second kappa shape index (κ2) is 10.9. The van der Waals surface area contributed by atoms with Crippen LogP contribution in [0.15, 0.2) is 41.8 Å². The lowest BCUT2D eigenvalue weighted by Gasteiger charge is -2.40. The molecule has 0 bridgehead atoms. The summed E-state index contributed by atoms with van der Waals surface area (Å²) in [6.45, 7) is 10.3. The molecular formula is C21H32N4O4S2. The van der Waals surface area contributed by atoms with Gasteiger partial charge in [-0.15, -0.1) is 18.3 Å². The molecule has 0 aromatic heterocycles. The fourth-order valence-corrected chi connectivity index (χ4v) is 6.33. The lowest BCUT2D eigenvalue weighted by Crippen LogP contribution is -2.57. The Morgan fingerprint density at radius 2 is 1.81 bits per heavy atom. The number of para-hydroxylation sites is 1. The Bertz CT molecular complexity index is 862. The topological polar surface area (TPSA) is 82.2 Å². The van der Waals surface area contributed by atoms with E-state index >= 15 is 0 Å². The quantitative estimate of drug-likeness (QED) is 0.463. The maximum Gasteiger partial charge on any atom is 0.282 e. The molecule has 0 aliphatic carbocycles. The summed E-state index contributed by atoms with van der Waals surface area (Å²) in [4.78, 5) is 15.6. The first-order valence-corrected chi connectivity index (χ1v) is 12.9. The van der Waals surface area contributed by atoms with Crippen LogP contribution in [0.5, 0.6) is 0 Å². The number of piperazine rings is 1. The minimum absolute atomic E-state index is 0.0983. The Kier molecular flexibility index (Phi) is 8.54. The molecular weight excluding hydrogens is 436 g/mol. The third-order valence-electron chi connectivity index (χ3n) is 5.25. The fraction of sp³-hybridized carbons (Fsp3) is 0.571. The summed E-state index contributed by atoms with van der Waals surface area (Å²) in [5, 5.41) is 2.98. The van der Waals surface area contributed by atoms with E-state index in [0.29, 0.717) is 39.3 Å². The highest BCUT2D eigenvalue weighted by Crippen LogP contribution is 2.27. The van der Waals surface area contributed by atoms with Gasteiger partial charge in [-0.05, 0) is 26.0 Å². The van der Waals surface area contributed by atoms with Gasteiger partial charge in [-0.1, -0.05) is 18.2 Å². The molecule has 0 saturated carbocycles. The standard InChI is InChI=1S/C21H32N4O4S2/c1-4-13-30-20-8-6-5-7-19(20)22-21(26)16-23-9-11-24(12-10-23)31(27,28)25-14-17(2)29-18(3)15-25/h4-8,17-18H,1,9-16H2,2-3H3,(H,22,26). The smallest absolute Gasteiger partial charge is 0.282 e. The largest absolute Gasteiger partial charge is 0.373 e. The third-order valence-corrected chi connectivity index (χ3v) is 8.29. The highest BCUT2D eigenvalue weighted by molar-refractivity contribution is 7.99. The van der Waals surface area contributed by atoms with Gasteiger partial charge >= 0.3 is 0 Å². The summed E-state index contributed by atoms with van der Waals surface area (Å²) >= 11 is 1.62. The van der Waals surface area contributed by atoms with Gasteiger partial charge in [0.2, 0.25) is 5.91 Å². The molecule has 2 fully saturated rings. The van der Waals surface area contributed by atoms with Crippen LogP contribution in [0.3, 0.4) is 0 Å². The summed E-state index contributed by atoms with van der Waals surface area (Å²) in [7, 11) is -3.52. The molecule has 1 amide bonds. The van der Waals surface area contributed by atoms with Crippen molar-refractivity contribution >= 4 is 33.6 Å². The zero-order valence-electron chi connectivity index (χ0n) is 18.2. The zero-order valence-corrected chi connectivity index (χ0v) is 19.8. The van der Waals surface area contributed by atoms with E-state index in [-0.39, 0.29) is 24.7 Å². The van der Waals surface area contributed by atoms with Crippen molar-refractivity contribution in [3.05, 3.63) is 36.9 Å². The van der Waals surface area contributed by atoms with Crippen LogP contribution in [0.25, 0.3) is 0 Å². The lowest BCUT2D eigenvalue weighted by atomic mass is 10.3. The normalized spacial score (nSPS) is 24.1. The van der Waals surface area contributed by atoms with Gasteiger partial charge < -0.3 is 10.1 Å². The summed E-state index contributed by atoms with van der Waals surface area (Å²) in [5.41, 5.74) is 0.788. The number of nitrogens with one attached hydrogen (secondary N) is 1. The third kappa shape index (κ3) is 6.53. The molecule has 1 aromatic carbocycles. The SMILES string of the molecule is C=CCSc1ccccc1NC(=O)CN1CCN(S(=O)(=O)N2CC(C)OC(C)C2)CC1. The second-order valence-corrected chi connectivity index (χ2v) is 10.9. The molecule has 8 nitrogen and oxygen atoms in total. The van der Waals surface area contributed by atoms with E-state index in [0.717, 1.165) is 16.3 Å². The number of carbonyl (C=O) groups is 1. The molecule has 10 heteroatoms. The summed E-state index contributed by atoms with van der Waals surface area (Å²) in [5.74, 6) is 0.670. The zero-order chi connectivity index (χ0) is 22.4. The predicted octanol–water partition coefficient (Wildman–Crippen LogP) is 1.87. The van der Waals surface area contributed by atoms with E-state index in [1.54, 1.807) is 11.8 Å². The molecule has 0 radical (unpaired) electrons. The Labute approximate surface area is 189 Å². The monoisotopic (exact) mass is 468 g/mol. The van der Waals surface area contributed by atoms with Gasteiger partial charge in [-0.25, -0.2) is 0 Å². The maximum absolute atomic E-state index is 13.0. The van der Waals surface area contributed by atoms with Crippen molar-refractivity contribution in [1.82, 2.24) is 13.5 Å². The van der Waals surface area contributed by atoms with Gasteiger partial charge in [0, 0.05) is 49.9 Å². The first kappa shape index (κ1) is 24.2. The van der Waals surface area contributed by atoms with E-state index in [1.165, 1.54) is 8.61 Å². The Morgan fingerprint density at radius 1 is 1.16 bits per heavy atom. The van der Waals surface area contributed by atoms with Crippen molar-refractivity contribution in [3.63, 3.8) is 0 Å². The number of amides is 1. The minimum Gasteiger partial charge on any atom is -0.373 e. The number of morpholine rings is 1. The maximum atomic E-state index is 13.0. The number of anilines is 1. The molecule has 2 saturated heterocycles. The van der Waals surface area contributed by atoms with Crippen molar-refractivity contribution in [2.45, 2.75) is 31.0 Å². The van der Waals surface area contributed by atoms with E-state index in [2.05, 4.69) is 11.9 Å². The molecule has 2 aliphatic heterocycles. The second-order valence-electron chi connectivity index (χ2n) is 7.90. The number of hydrogen-bond donors (Lipinski definition) is 1. The van der Waals surface area contributed by atoms with E-state index in [1.807, 2.05) is 49.1 Å². The lowest BCUT2D eigenvalue weighted by molar-refractivity contribution is -0.117. The highest BCUT2D eigenvalue weighted by atomic mass is 32.2. The average molecular weight is 469 g/mol. The van der Waals surface area contributed by atoms with Crippen LogP contribution in [0.4, 0.5) is 5.69 Å². The first-order chi connectivity index (χ1) is 14.8. The number of nitrogens with zero attached hydrogens (tertiary/aromatic N) is 3. The van der Waals surface area contributed by atoms with E-state index in [9.17, 15) is 13.2 Å². The van der Waals surface area contributed by atoms with Gasteiger partial charge in [0.25, 0.3) is 10.2 Å². The van der Waals surface area contributed by atoms with Gasteiger partial charge in [0.05, 0.1) is 24.4 Å². The Morgan fingerprint density at radius 3 is 2.45 bits per heavy atom. The minimum atomic E-state index is -3.52. The van der Waals surface area contributed by atoms with Crippen molar-refractivity contribution < 1.29 is 17.9 Å². The summed E-state index contributed by atoms with van der Waals surface area (Å²) in [6.07, 6.45) is 1.60. The predicted molar refractivity (Wildman–Crippen MR) is 125 cm³/mol. The summed E-state index contributed by atoms with van der Waals surface area (Å²) in [6, 6.07) is 7.69. The average Bonchev–Trinajstić information content (AvgIpc) is 2.73. The number of ether oxygens (including phenoxy) is 1. The molecule has 2 heterocycles. The first-order valence-electron chi connectivity index (χ1n) is 10.5. The van der Waals surface area contributed by atoms with Crippen LogP contribution < -0.4 is 5.32 Å². The molecule has 2 atom stereocenters. The molecule has 172 valence electrons. The molecule has 3 rings (SSSR count). The molecule has 1 N–H and O–H groups in total. The Hall–Kier alpha value is -1.43. The molecule has 1 aromatic rings. The van der Waals surface area contributed by atoms with Crippen molar-refractivity contribution in [1.29, 1.82) is 0 Å². The fourth-order valence-electron chi connectivity index (χ4n) is 3.84. The number of rotatable bonds is 8. The molecule has 0 spiro atoms. The van der Waals surface area contributed by atoms with E-state index < -0.39 is 10.2 Å². The number of benzene rings is 1. The van der Waals surface area contributed by atoms with Crippen molar-refractivity contribution in [2.75, 3.05) is 56.9 Å².